The average molecular weight is 182 g/mol. The van der Waals surface area contributed by atoms with Gasteiger partial charge in [-0.2, -0.15) is 0 Å². The van der Waals surface area contributed by atoms with E-state index in [0.717, 1.165) is 12.8 Å². The van der Waals surface area contributed by atoms with Gasteiger partial charge in [-0.15, -0.1) is 0 Å². The molecule has 3 nitrogen and oxygen atoms in total. The highest BCUT2D eigenvalue weighted by Gasteiger charge is 2.48. The molecule has 1 saturated heterocycles. The van der Waals surface area contributed by atoms with E-state index in [1.807, 2.05) is 13.8 Å². The molecule has 1 aliphatic carbocycles. The molecular weight excluding hydrogens is 168 g/mol. The van der Waals surface area contributed by atoms with Gasteiger partial charge in [0.2, 0.25) is 0 Å². The van der Waals surface area contributed by atoms with E-state index < -0.39 is 5.79 Å². The molecule has 0 radical (unpaired) electrons. The molecule has 2 rings (SSSR count). The molecule has 0 aromatic heterocycles. The fraction of sp³-hybridized carbons (Fsp3) is 0.700. The molecule has 1 fully saturated rings. The molecule has 3 heteroatoms. The Bertz CT molecular complexity index is 253. The van der Waals surface area contributed by atoms with Crippen LogP contribution in [0.4, 0.5) is 0 Å². The Balaban J connectivity index is 2.17. The highest BCUT2D eigenvalue weighted by molar-refractivity contribution is 5.97. The van der Waals surface area contributed by atoms with Crippen molar-refractivity contribution in [3.63, 3.8) is 0 Å². The van der Waals surface area contributed by atoms with E-state index >= 15 is 0 Å². The first-order valence-corrected chi connectivity index (χ1v) is 4.78. The standard InChI is InChI=1S/C10H14O3/c1-3-10(4-2)12-8-6-5-7(11)9(8)13-10/h5-6,8-9H,3-4H2,1-2H3/t8-,9+/m1/s1. The minimum absolute atomic E-state index is 0.0359. The normalized spacial score (nSPS) is 35.4. The van der Waals surface area contributed by atoms with Crippen LogP contribution in [0.25, 0.3) is 0 Å². The van der Waals surface area contributed by atoms with Gasteiger partial charge in [0, 0.05) is 0 Å². The largest absolute Gasteiger partial charge is 0.339 e. The van der Waals surface area contributed by atoms with E-state index in [2.05, 4.69) is 0 Å². The van der Waals surface area contributed by atoms with Crippen LogP contribution < -0.4 is 0 Å². The zero-order chi connectivity index (χ0) is 9.47. The molecule has 2 aliphatic rings. The highest BCUT2D eigenvalue weighted by Crippen LogP contribution is 2.37. The third-order valence-corrected chi connectivity index (χ3v) is 2.80. The summed E-state index contributed by atoms with van der Waals surface area (Å²) in [5, 5.41) is 0. The first-order valence-electron chi connectivity index (χ1n) is 4.78. The average Bonchev–Trinajstić information content (AvgIpc) is 2.67. The van der Waals surface area contributed by atoms with E-state index in [9.17, 15) is 4.79 Å². The van der Waals surface area contributed by atoms with Gasteiger partial charge in [-0.25, -0.2) is 0 Å². The van der Waals surface area contributed by atoms with Crippen LogP contribution in [0.15, 0.2) is 12.2 Å². The van der Waals surface area contributed by atoms with Crippen LogP contribution in [0.1, 0.15) is 26.7 Å². The van der Waals surface area contributed by atoms with E-state index in [-0.39, 0.29) is 18.0 Å². The van der Waals surface area contributed by atoms with Crippen molar-refractivity contribution in [2.24, 2.45) is 0 Å². The minimum Gasteiger partial charge on any atom is -0.339 e. The van der Waals surface area contributed by atoms with E-state index in [0.29, 0.717) is 0 Å². The van der Waals surface area contributed by atoms with Crippen LogP contribution in [-0.4, -0.2) is 23.8 Å². The molecule has 1 aliphatic heterocycles. The quantitative estimate of drug-likeness (QED) is 0.648. The summed E-state index contributed by atoms with van der Waals surface area (Å²) < 4.78 is 11.4. The Morgan fingerprint density at radius 3 is 2.62 bits per heavy atom. The first-order chi connectivity index (χ1) is 6.21. The second-order valence-corrected chi connectivity index (χ2v) is 3.50. The summed E-state index contributed by atoms with van der Waals surface area (Å²) in [5.74, 6) is -0.482. The van der Waals surface area contributed by atoms with Crippen molar-refractivity contribution in [1.82, 2.24) is 0 Å². The van der Waals surface area contributed by atoms with Crippen molar-refractivity contribution in [2.45, 2.75) is 44.7 Å². The molecule has 1 heterocycles. The summed E-state index contributed by atoms with van der Waals surface area (Å²) in [6.07, 6.45) is 4.40. The highest BCUT2D eigenvalue weighted by atomic mass is 16.8. The topological polar surface area (TPSA) is 35.5 Å². The molecular formula is C10H14O3. The number of rotatable bonds is 2. The molecule has 0 saturated carbocycles. The Morgan fingerprint density at radius 2 is 2.08 bits per heavy atom. The van der Waals surface area contributed by atoms with Gasteiger partial charge in [0.05, 0.1) is 0 Å². The molecule has 13 heavy (non-hydrogen) atoms. The van der Waals surface area contributed by atoms with Gasteiger partial charge in [-0.05, 0) is 25.0 Å². The van der Waals surface area contributed by atoms with E-state index in [1.165, 1.54) is 0 Å². The van der Waals surface area contributed by atoms with E-state index in [4.69, 9.17) is 9.47 Å². The zero-order valence-electron chi connectivity index (χ0n) is 7.95. The number of fused-ring (bicyclic) bond motifs is 1. The van der Waals surface area contributed by atoms with Gasteiger partial charge in [0.1, 0.15) is 6.10 Å². The molecule has 0 aromatic carbocycles. The maximum absolute atomic E-state index is 11.3. The number of hydrogen-bond donors (Lipinski definition) is 0. The van der Waals surface area contributed by atoms with Crippen LogP contribution >= 0.6 is 0 Å². The molecule has 0 unspecified atom stereocenters. The Morgan fingerprint density at radius 1 is 1.38 bits per heavy atom. The SMILES string of the molecule is CCC1(CC)O[C@@H]2C=CC(=O)[C@@H]2O1. The second-order valence-electron chi connectivity index (χ2n) is 3.50. The Labute approximate surface area is 77.7 Å². The van der Waals surface area contributed by atoms with Crippen LogP contribution in [0, 0.1) is 0 Å². The van der Waals surface area contributed by atoms with Crippen molar-refractivity contribution in [3.8, 4) is 0 Å². The summed E-state index contributed by atoms with van der Waals surface area (Å²) in [6.45, 7) is 4.03. The molecule has 0 amide bonds. The van der Waals surface area contributed by atoms with Crippen LogP contribution in [0.3, 0.4) is 0 Å². The number of hydrogen-bond acceptors (Lipinski definition) is 3. The van der Waals surface area contributed by atoms with Crippen molar-refractivity contribution in [2.75, 3.05) is 0 Å². The molecule has 0 aromatic rings. The first kappa shape index (κ1) is 8.91. The van der Waals surface area contributed by atoms with Gasteiger partial charge in [0.15, 0.2) is 17.7 Å². The lowest BCUT2D eigenvalue weighted by Gasteiger charge is -2.25. The maximum atomic E-state index is 11.3. The number of ether oxygens (including phenoxy) is 2. The van der Waals surface area contributed by atoms with Gasteiger partial charge < -0.3 is 9.47 Å². The summed E-state index contributed by atoms with van der Waals surface area (Å²) in [7, 11) is 0. The summed E-state index contributed by atoms with van der Waals surface area (Å²) in [6, 6.07) is 0. The van der Waals surface area contributed by atoms with Crippen LogP contribution in [0.5, 0.6) is 0 Å². The fourth-order valence-electron chi connectivity index (χ4n) is 1.86. The maximum Gasteiger partial charge on any atom is 0.187 e. The van der Waals surface area contributed by atoms with Crippen molar-refractivity contribution in [3.05, 3.63) is 12.2 Å². The number of carbonyl (C=O) groups is 1. The predicted molar refractivity (Wildman–Crippen MR) is 47.2 cm³/mol. The summed E-state index contributed by atoms with van der Waals surface area (Å²) >= 11 is 0. The van der Waals surface area contributed by atoms with Gasteiger partial charge >= 0.3 is 0 Å². The molecule has 0 bridgehead atoms. The van der Waals surface area contributed by atoms with Gasteiger partial charge in [-0.1, -0.05) is 13.8 Å². The Kier molecular flexibility index (Phi) is 2.00. The lowest BCUT2D eigenvalue weighted by atomic mass is 10.1. The van der Waals surface area contributed by atoms with Crippen LogP contribution in [-0.2, 0) is 14.3 Å². The fourth-order valence-corrected chi connectivity index (χ4v) is 1.86. The van der Waals surface area contributed by atoms with E-state index in [1.54, 1.807) is 12.2 Å². The smallest absolute Gasteiger partial charge is 0.187 e. The minimum atomic E-state index is -0.518. The van der Waals surface area contributed by atoms with Crippen molar-refractivity contribution < 1.29 is 14.3 Å². The van der Waals surface area contributed by atoms with Gasteiger partial charge in [0.25, 0.3) is 0 Å². The third-order valence-electron chi connectivity index (χ3n) is 2.80. The molecule has 0 spiro atoms. The second kappa shape index (κ2) is 2.93. The zero-order valence-corrected chi connectivity index (χ0v) is 7.95. The number of ketones is 1. The van der Waals surface area contributed by atoms with Gasteiger partial charge in [-0.3, -0.25) is 4.79 Å². The molecule has 0 N–H and O–H groups in total. The third kappa shape index (κ3) is 1.23. The molecule has 72 valence electrons. The van der Waals surface area contributed by atoms with Crippen molar-refractivity contribution in [1.29, 1.82) is 0 Å². The lowest BCUT2D eigenvalue weighted by Crippen LogP contribution is -2.30. The van der Waals surface area contributed by atoms with Crippen LogP contribution in [0.2, 0.25) is 0 Å². The monoisotopic (exact) mass is 182 g/mol. The number of carbonyl (C=O) groups excluding carboxylic acids is 1. The predicted octanol–water partition coefficient (Wildman–Crippen LogP) is 1.43. The Hall–Kier alpha value is -0.670. The summed E-state index contributed by atoms with van der Waals surface area (Å²) in [5.41, 5.74) is 0. The summed E-state index contributed by atoms with van der Waals surface area (Å²) in [4.78, 5) is 11.3. The lowest BCUT2D eigenvalue weighted by molar-refractivity contribution is -0.178. The van der Waals surface area contributed by atoms with Crippen molar-refractivity contribution >= 4 is 5.78 Å². The molecule has 2 atom stereocenters.